The van der Waals surface area contributed by atoms with Crippen LogP contribution in [0.1, 0.15) is 30.3 Å². The molecule has 1 aromatic rings. The number of amides is 3. The Hall–Kier alpha value is -3.04. The van der Waals surface area contributed by atoms with Gasteiger partial charge >= 0.3 is 12.1 Å². The van der Waals surface area contributed by atoms with Gasteiger partial charge in [-0.25, -0.2) is 9.59 Å². The van der Waals surface area contributed by atoms with Crippen LogP contribution in [0.5, 0.6) is 0 Å². The molecule has 152 valence electrons. The van der Waals surface area contributed by atoms with Gasteiger partial charge in [-0.15, -0.1) is 0 Å². The number of hydrogen-bond acceptors (Lipinski definition) is 7. The Morgan fingerprint density at radius 3 is 2.68 bits per heavy atom. The van der Waals surface area contributed by atoms with E-state index in [2.05, 4.69) is 5.32 Å². The van der Waals surface area contributed by atoms with E-state index in [1.807, 2.05) is 0 Å². The van der Waals surface area contributed by atoms with Crippen LogP contribution < -0.4 is 5.32 Å². The molecule has 2 aliphatic rings. The number of esters is 1. The molecule has 3 rings (SSSR count). The Labute approximate surface area is 161 Å². The van der Waals surface area contributed by atoms with Crippen LogP contribution in [0.3, 0.4) is 0 Å². The number of likely N-dealkylation sites (tertiary alicyclic amines) is 1. The summed E-state index contributed by atoms with van der Waals surface area (Å²) in [4.78, 5) is 51.3. The quantitative estimate of drug-likeness (QED) is 0.694. The lowest BCUT2D eigenvalue weighted by Gasteiger charge is -2.37. The lowest BCUT2D eigenvalue weighted by Crippen LogP contribution is -2.53. The van der Waals surface area contributed by atoms with Crippen molar-refractivity contribution in [3.63, 3.8) is 0 Å². The van der Waals surface area contributed by atoms with Gasteiger partial charge in [-0.3, -0.25) is 14.5 Å². The van der Waals surface area contributed by atoms with Crippen molar-refractivity contribution in [2.45, 2.75) is 31.8 Å². The van der Waals surface area contributed by atoms with Gasteiger partial charge < -0.3 is 24.1 Å². The number of furan rings is 1. The number of nitrogens with zero attached hydrogens (tertiary/aromatic N) is 2. The highest BCUT2D eigenvalue weighted by atomic mass is 16.6. The van der Waals surface area contributed by atoms with Crippen LogP contribution in [0.15, 0.2) is 22.8 Å². The van der Waals surface area contributed by atoms with Crippen LogP contribution in [-0.2, 0) is 19.1 Å². The summed E-state index contributed by atoms with van der Waals surface area (Å²) >= 11 is 0. The molecule has 3 amide bonds. The molecule has 28 heavy (non-hydrogen) atoms. The Bertz CT molecular complexity index is 726. The summed E-state index contributed by atoms with van der Waals surface area (Å²) in [7, 11) is 0. The van der Waals surface area contributed by atoms with E-state index >= 15 is 0 Å². The summed E-state index contributed by atoms with van der Waals surface area (Å²) in [6.07, 6.45) is 1.88. The summed E-state index contributed by atoms with van der Waals surface area (Å²) in [5.74, 6) is -1.01. The van der Waals surface area contributed by atoms with E-state index in [0.717, 1.165) is 0 Å². The van der Waals surface area contributed by atoms with Gasteiger partial charge in [0.25, 0.3) is 5.91 Å². The number of carbonyl (C=O) groups is 4. The van der Waals surface area contributed by atoms with E-state index in [1.54, 1.807) is 17.9 Å². The van der Waals surface area contributed by atoms with Crippen LogP contribution in [0.4, 0.5) is 4.79 Å². The summed E-state index contributed by atoms with van der Waals surface area (Å²) in [6, 6.07) is 2.16. The van der Waals surface area contributed by atoms with Gasteiger partial charge in [0, 0.05) is 19.1 Å². The van der Waals surface area contributed by atoms with Gasteiger partial charge in [0.05, 0.1) is 19.4 Å². The van der Waals surface area contributed by atoms with E-state index in [1.165, 1.54) is 17.2 Å². The predicted octanol–water partition coefficient (Wildman–Crippen LogP) is 0.384. The number of carbonyl (C=O) groups excluding carboxylic acids is 4. The highest BCUT2D eigenvalue weighted by Crippen LogP contribution is 2.24. The average Bonchev–Trinajstić information content (AvgIpc) is 3.36. The maximum atomic E-state index is 12.3. The molecule has 1 aromatic heterocycles. The second-order valence-electron chi connectivity index (χ2n) is 6.52. The van der Waals surface area contributed by atoms with Crippen LogP contribution in [0.2, 0.25) is 0 Å². The van der Waals surface area contributed by atoms with Gasteiger partial charge in [-0.1, -0.05) is 0 Å². The molecule has 0 bridgehead atoms. The molecule has 10 nitrogen and oxygen atoms in total. The fourth-order valence-electron chi connectivity index (χ4n) is 3.41. The summed E-state index contributed by atoms with van der Waals surface area (Å²) in [5, 5.41) is 2.52. The van der Waals surface area contributed by atoms with Crippen molar-refractivity contribution in [1.29, 1.82) is 0 Å². The molecule has 1 N–H and O–H groups in total. The van der Waals surface area contributed by atoms with E-state index in [0.29, 0.717) is 25.9 Å². The SMILES string of the molecule is CCOC(=O)C1COC(=O)N1C1CCN(C(=O)CNC(=O)c2ccco2)CC1. The molecule has 0 spiro atoms. The fourth-order valence-corrected chi connectivity index (χ4v) is 3.41. The summed E-state index contributed by atoms with van der Waals surface area (Å²) in [5.41, 5.74) is 0. The first-order valence-electron chi connectivity index (χ1n) is 9.22. The minimum atomic E-state index is -0.743. The molecule has 1 atom stereocenters. The van der Waals surface area contributed by atoms with Crippen molar-refractivity contribution in [3.05, 3.63) is 24.2 Å². The maximum Gasteiger partial charge on any atom is 0.410 e. The third-order valence-electron chi connectivity index (χ3n) is 4.83. The number of nitrogens with one attached hydrogen (secondary N) is 1. The van der Waals surface area contributed by atoms with Crippen molar-refractivity contribution < 1.29 is 33.1 Å². The van der Waals surface area contributed by atoms with Gasteiger partial charge in [0.2, 0.25) is 5.91 Å². The van der Waals surface area contributed by atoms with Gasteiger partial charge in [0.1, 0.15) is 6.61 Å². The first-order chi connectivity index (χ1) is 13.5. The molecule has 1 unspecified atom stereocenters. The van der Waals surface area contributed by atoms with E-state index in [4.69, 9.17) is 13.9 Å². The highest BCUT2D eigenvalue weighted by Gasteiger charge is 2.44. The van der Waals surface area contributed by atoms with Gasteiger partial charge in [-0.2, -0.15) is 0 Å². The third kappa shape index (κ3) is 4.26. The second kappa shape index (κ2) is 8.77. The molecule has 2 fully saturated rings. The van der Waals surface area contributed by atoms with Crippen molar-refractivity contribution >= 4 is 23.9 Å². The van der Waals surface area contributed by atoms with Crippen LogP contribution in [0.25, 0.3) is 0 Å². The number of piperidine rings is 1. The Kier molecular flexibility index (Phi) is 6.17. The number of hydrogen-bond donors (Lipinski definition) is 1. The lowest BCUT2D eigenvalue weighted by molar-refractivity contribution is -0.148. The fraction of sp³-hybridized carbons (Fsp3) is 0.556. The topological polar surface area (TPSA) is 118 Å². The zero-order valence-corrected chi connectivity index (χ0v) is 15.6. The number of cyclic esters (lactones) is 1. The molecule has 0 radical (unpaired) electrons. The standard InChI is InChI=1S/C18H23N3O7/c1-2-26-17(24)13-11-28-18(25)21(13)12-5-7-20(8-6-12)15(22)10-19-16(23)14-4-3-9-27-14/h3-4,9,12-13H,2,5-8,10-11H2,1H3,(H,19,23). The number of ether oxygens (including phenoxy) is 2. The second-order valence-corrected chi connectivity index (χ2v) is 6.52. The van der Waals surface area contributed by atoms with Crippen molar-refractivity contribution in [1.82, 2.24) is 15.1 Å². The summed E-state index contributed by atoms with van der Waals surface area (Å²) in [6.45, 7) is 2.61. The van der Waals surface area contributed by atoms with Crippen LogP contribution >= 0.6 is 0 Å². The predicted molar refractivity (Wildman–Crippen MR) is 94.3 cm³/mol. The van der Waals surface area contributed by atoms with Gasteiger partial charge in [-0.05, 0) is 31.9 Å². The molecule has 2 saturated heterocycles. The first-order valence-corrected chi connectivity index (χ1v) is 9.22. The Balaban J connectivity index is 1.49. The van der Waals surface area contributed by atoms with Crippen molar-refractivity contribution in [2.75, 3.05) is 32.8 Å². The Morgan fingerprint density at radius 2 is 2.04 bits per heavy atom. The zero-order valence-electron chi connectivity index (χ0n) is 15.6. The Morgan fingerprint density at radius 1 is 1.29 bits per heavy atom. The van der Waals surface area contributed by atoms with Crippen molar-refractivity contribution in [3.8, 4) is 0 Å². The zero-order chi connectivity index (χ0) is 20.1. The monoisotopic (exact) mass is 393 g/mol. The maximum absolute atomic E-state index is 12.3. The normalized spacial score (nSPS) is 20.0. The van der Waals surface area contributed by atoms with E-state index in [9.17, 15) is 19.2 Å². The number of rotatable bonds is 6. The molecule has 2 aliphatic heterocycles. The molecular weight excluding hydrogens is 370 g/mol. The molecule has 0 aromatic carbocycles. The molecule has 3 heterocycles. The lowest BCUT2D eigenvalue weighted by atomic mass is 10.0. The highest BCUT2D eigenvalue weighted by molar-refractivity contribution is 5.94. The molecule has 0 saturated carbocycles. The minimum absolute atomic E-state index is 0.0182. The molecule has 10 heteroatoms. The first kappa shape index (κ1) is 19.7. The minimum Gasteiger partial charge on any atom is -0.464 e. The molecule has 0 aliphatic carbocycles. The third-order valence-corrected chi connectivity index (χ3v) is 4.83. The smallest absolute Gasteiger partial charge is 0.410 e. The van der Waals surface area contributed by atoms with Crippen LogP contribution in [0, 0.1) is 0 Å². The van der Waals surface area contributed by atoms with E-state index < -0.39 is 24.0 Å². The largest absolute Gasteiger partial charge is 0.464 e. The van der Waals surface area contributed by atoms with Gasteiger partial charge in [0.15, 0.2) is 11.8 Å². The van der Waals surface area contributed by atoms with Crippen molar-refractivity contribution in [2.24, 2.45) is 0 Å². The van der Waals surface area contributed by atoms with Crippen LogP contribution in [-0.4, -0.2) is 78.6 Å². The molecular formula is C18H23N3O7. The summed E-state index contributed by atoms with van der Waals surface area (Å²) < 4.78 is 15.0. The average molecular weight is 393 g/mol. The van der Waals surface area contributed by atoms with E-state index in [-0.39, 0.29) is 37.5 Å².